The van der Waals surface area contributed by atoms with Crippen molar-refractivity contribution in [3.05, 3.63) is 29.0 Å². The van der Waals surface area contributed by atoms with Crippen LogP contribution in [-0.4, -0.2) is 17.7 Å². The quantitative estimate of drug-likeness (QED) is 0.590. The Morgan fingerprint density at radius 1 is 1.64 bits per heavy atom. The van der Waals surface area contributed by atoms with Gasteiger partial charge in [-0.15, -0.1) is 0 Å². The minimum atomic E-state index is 0.649. The average molecular weight is 169 g/mol. The molecule has 0 aliphatic heterocycles. The Morgan fingerprint density at radius 2 is 2.36 bits per heavy atom. The molecule has 2 nitrogen and oxygen atoms in total. The molecule has 0 aliphatic rings. The van der Waals surface area contributed by atoms with Crippen LogP contribution < -0.4 is 0 Å². The Hall–Kier alpha value is -0.890. The zero-order valence-electron chi connectivity index (χ0n) is 6.50. The third-order valence-corrected chi connectivity index (χ3v) is 1.74. The molecule has 0 atom stereocenters. The van der Waals surface area contributed by atoms with Crippen LogP contribution in [0.4, 0.5) is 0 Å². The van der Waals surface area contributed by atoms with E-state index in [1.54, 1.807) is 25.4 Å². The normalized spacial score (nSPS) is 11.7. The first-order valence-electron chi connectivity index (χ1n) is 3.30. The molecule has 11 heavy (non-hydrogen) atoms. The first kappa shape index (κ1) is 8.21. The highest BCUT2D eigenvalue weighted by Crippen LogP contribution is 2.12. The number of halogens is 1. The SMILES string of the molecule is CN=C(C)c1ncccc1Cl. The molecule has 0 unspecified atom stereocenters. The summed E-state index contributed by atoms with van der Waals surface area (Å²) in [6.07, 6.45) is 1.70. The van der Waals surface area contributed by atoms with E-state index in [0.717, 1.165) is 11.4 Å². The van der Waals surface area contributed by atoms with Gasteiger partial charge in [0.05, 0.1) is 10.7 Å². The Balaban J connectivity index is 3.14. The maximum absolute atomic E-state index is 5.85. The molecule has 0 amide bonds. The predicted octanol–water partition coefficient (Wildman–Crippen LogP) is 2.17. The molecule has 0 radical (unpaired) electrons. The Morgan fingerprint density at radius 3 is 2.91 bits per heavy atom. The maximum atomic E-state index is 5.85. The molecule has 0 fully saturated rings. The third kappa shape index (κ3) is 1.77. The van der Waals surface area contributed by atoms with Crippen LogP contribution in [0.2, 0.25) is 5.02 Å². The minimum absolute atomic E-state index is 0.649. The summed E-state index contributed by atoms with van der Waals surface area (Å²) < 4.78 is 0. The van der Waals surface area contributed by atoms with Crippen molar-refractivity contribution in [2.24, 2.45) is 4.99 Å². The second-order valence-corrected chi connectivity index (χ2v) is 2.55. The van der Waals surface area contributed by atoms with Crippen LogP contribution in [0.25, 0.3) is 0 Å². The van der Waals surface area contributed by atoms with Gasteiger partial charge < -0.3 is 0 Å². The van der Waals surface area contributed by atoms with Crippen molar-refractivity contribution in [1.82, 2.24) is 4.98 Å². The standard InChI is InChI=1S/C8H9ClN2/c1-6(10-2)8-7(9)4-3-5-11-8/h3-5H,1-2H3. The van der Waals surface area contributed by atoms with E-state index in [0.29, 0.717) is 5.02 Å². The number of nitrogens with zero attached hydrogens (tertiary/aromatic N) is 2. The van der Waals surface area contributed by atoms with Crippen LogP contribution in [0.3, 0.4) is 0 Å². The molecular formula is C8H9ClN2. The summed E-state index contributed by atoms with van der Waals surface area (Å²) in [7, 11) is 1.72. The summed E-state index contributed by atoms with van der Waals surface area (Å²) in [6.45, 7) is 1.88. The number of pyridine rings is 1. The number of hydrogen-bond acceptors (Lipinski definition) is 2. The van der Waals surface area contributed by atoms with Crippen LogP contribution in [0.1, 0.15) is 12.6 Å². The molecule has 1 aromatic heterocycles. The highest BCUT2D eigenvalue weighted by molar-refractivity contribution is 6.33. The smallest absolute Gasteiger partial charge is 0.102 e. The molecular weight excluding hydrogens is 160 g/mol. The van der Waals surface area contributed by atoms with Gasteiger partial charge in [-0.2, -0.15) is 0 Å². The van der Waals surface area contributed by atoms with E-state index in [4.69, 9.17) is 11.6 Å². The summed E-state index contributed by atoms with van der Waals surface area (Å²) >= 11 is 5.85. The topological polar surface area (TPSA) is 25.2 Å². The monoisotopic (exact) mass is 168 g/mol. The van der Waals surface area contributed by atoms with E-state index in [9.17, 15) is 0 Å². The molecule has 0 aliphatic carbocycles. The summed E-state index contributed by atoms with van der Waals surface area (Å²) in [4.78, 5) is 8.08. The van der Waals surface area contributed by atoms with Gasteiger partial charge in [0, 0.05) is 13.2 Å². The van der Waals surface area contributed by atoms with Crippen molar-refractivity contribution in [3.63, 3.8) is 0 Å². The van der Waals surface area contributed by atoms with E-state index in [2.05, 4.69) is 9.98 Å². The van der Waals surface area contributed by atoms with Gasteiger partial charge in [0.15, 0.2) is 0 Å². The van der Waals surface area contributed by atoms with Gasteiger partial charge in [-0.25, -0.2) is 0 Å². The van der Waals surface area contributed by atoms with Crippen LogP contribution in [0.5, 0.6) is 0 Å². The average Bonchev–Trinajstić information content (AvgIpc) is 2.04. The molecule has 3 heteroatoms. The fourth-order valence-electron chi connectivity index (χ4n) is 0.758. The van der Waals surface area contributed by atoms with Crippen molar-refractivity contribution < 1.29 is 0 Å². The van der Waals surface area contributed by atoms with Crippen LogP contribution >= 0.6 is 11.6 Å². The number of hydrogen-bond donors (Lipinski definition) is 0. The summed E-state index contributed by atoms with van der Waals surface area (Å²) in [5, 5.41) is 0.649. The molecule has 1 rings (SSSR count). The van der Waals surface area contributed by atoms with Crippen molar-refractivity contribution in [3.8, 4) is 0 Å². The predicted molar refractivity (Wildman–Crippen MR) is 47.4 cm³/mol. The van der Waals surface area contributed by atoms with Gasteiger partial charge in [0.2, 0.25) is 0 Å². The summed E-state index contributed by atoms with van der Waals surface area (Å²) in [6, 6.07) is 3.60. The van der Waals surface area contributed by atoms with E-state index in [-0.39, 0.29) is 0 Å². The highest BCUT2D eigenvalue weighted by atomic mass is 35.5. The van der Waals surface area contributed by atoms with Crippen molar-refractivity contribution in [1.29, 1.82) is 0 Å². The first-order chi connectivity index (χ1) is 5.25. The fraction of sp³-hybridized carbons (Fsp3) is 0.250. The molecule has 0 aromatic carbocycles. The zero-order valence-corrected chi connectivity index (χ0v) is 7.26. The first-order valence-corrected chi connectivity index (χ1v) is 3.67. The Kier molecular flexibility index (Phi) is 2.60. The lowest BCUT2D eigenvalue weighted by Gasteiger charge is -1.99. The van der Waals surface area contributed by atoms with Crippen LogP contribution in [0.15, 0.2) is 23.3 Å². The van der Waals surface area contributed by atoms with Gasteiger partial charge >= 0.3 is 0 Å². The molecule has 0 bridgehead atoms. The lowest BCUT2D eigenvalue weighted by Crippen LogP contribution is -1.98. The molecule has 0 saturated carbocycles. The van der Waals surface area contributed by atoms with Crippen LogP contribution in [0, 0.1) is 0 Å². The van der Waals surface area contributed by atoms with E-state index in [1.807, 2.05) is 6.92 Å². The van der Waals surface area contributed by atoms with E-state index in [1.165, 1.54) is 0 Å². The van der Waals surface area contributed by atoms with Crippen LogP contribution in [-0.2, 0) is 0 Å². The fourth-order valence-corrected chi connectivity index (χ4v) is 1.02. The van der Waals surface area contributed by atoms with Gasteiger partial charge in [-0.1, -0.05) is 11.6 Å². The highest BCUT2D eigenvalue weighted by Gasteiger charge is 2.01. The molecule has 1 aromatic rings. The van der Waals surface area contributed by atoms with Gasteiger partial charge in [0.25, 0.3) is 0 Å². The van der Waals surface area contributed by atoms with E-state index >= 15 is 0 Å². The maximum Gasteiger partial charge on any atom is 0.102 e. The zero-order chi connectivity index (χ0) is 8.27. The lowest BCUT2D eigenvalue weighted by molar-refractivity contribution is 1.27. The van der Waals surface area contributed by atoms with Gasteiger partial charge in [0.1, 0.15) is 5.69 Å². The van der Waals surface area contributed by atoms with Crippen molar-refractivity contribution >= 4 is 17.3 Å². The molecule has 0 N–H and O–H groups in total. The lowest BCUT2D eigenvalue weighted by atomic mass is 10.2. The summed E-state index contributed by atoms with van der Waals surface area (Å²) in [5.74, 6) is 0. The van der Waals surface area contributed by atoms with Gasteiger partial charge in [-0.05, 0) is 19.1 Å². The molecule has 58 valence electrons. The van der Waals surface area contributed by atoms with E-state index < -0.39 is 0 Å². The molecule has 0 saturated heterocycles. The molecule has 0 spiro atoms. The Labute approximate surface area is 70.9 Å². The molecule has 1 heterocycles. The van der Waals surface area contributed by atoms with Crippen molar-refractivity contribution in [2.75, 3.05) is 7.05 Å². The number of rotatable bonds is 1. The number of aliphatic imine (C=N–C) groups is 1. The summed E-state index contributed by atoms with van der Waals surface area (Å²) in [5.41, 5.74) is 1.62. The third-order valence-electron chi connectivity index (χ3n) is 1.44. The number of aromatic nitrogens is 1. The second-order valence-electron chi connectivity index (χ2n) is 2.14. The largest absolute Gasteiger partial charge is 0.291 e. The minimum Gasteiger partial charge on any atom is -0.291 e. The van der Waals surface area contributed by atoms with Gasteiger partial charge in [-0.3, -0.25) is 9.98 Å². The van der Waals surface area contributed by atoms with Crippen molar-refractivity contribution in [2.45, 2.75) is 6.92 Å². The second kappa shape index (κ2) is 3.49. The Bertz CT molecular complexity index is 281.